The number of ether oxygens (including phenoxy) is 1. The van der Waals surface area contributed by atoms with Crippen LogP contribution in [-0.4, -0.2) is 40.0 Å². The maximum atomic E-state index is 13.7. The lowest BCUT2D eigenvalue weighted by molar-refractivity contribution is 0.102. The molecule has 1 aromatic carbocycles. The lowest BCUT2D eigenvalue weighted by Crippen LogP contribution is -2.08. The second-order valence-corrected chi connectivity index (χ2v) is 8.67. The summed E-state index contributed by atoms with van der Waals surface area (Å²) in [6.07, 6.45) is 0.901. The van der Waals surface area contributed by atoms with E-state index >= 15 is 0 Å². The zero-order chi connectivity index (χ0) is 20.8. The number of ketones is 1. The van der Waals surface area contributed by atoms with E-state index in [9.17, 15) is 9.18 Å². The van der Waals surface area contributed by atoms with Crippen molar-refractivity contribution in [3.05, 3.63) is 53.1 Å². The van der Waals surface area contributed by atoms with Crippen molar-refractivity contribution in [3.8, 4) is 0 Å². The molecule has 3 aromatic rings. The third-order valence-corrected chi connectivity index (χ3v) is 6.42. The average Bonchev–Trinajstić information content (AvgIpc) is 3.27. The van der Waals surface area contributed by atoms with Crippen LogP contribution in [0.3, 0.4) is 0 Å². The molecule has 0 aliphatic carbocycles. The molecule has 0 spiro atoms. The van der Waals surface area contributed by atoms with E-state index in [0.717, 1.165) is 29.9 Å². The molecule has 0 amide bonds. The molecule has 0 aliphatic rings. The highest BCUT2D eigenvalue weighted by molar-refractivity contribution is 8.01. The van der Waals surface area contributed by atoms with Crippen molar-refractivity contribution in [2.75, 3.05) is 24.8 Å². The molecule has 9 heteroatoms. The summed E-state index contributed by atoms with van der Waals surface area (Å²) >= 11 is 2.63. The molecular weight excluding hydrogens is 411 g/mol. The number of halogens is 1. The number of hydrogen-bond acceptors (Lipinski definition) is 7. The van der Waals surface area contributed by atoms with Crippen LogP contribution in [0, 0.1) is 19.7 Å². The summed E-state index contributed by atoms with van der Waals surface area (Å²) in [6, 6.07) is 8.32. The number of nitrogens with one attached hydrogen (secondary N) is 1. The summed E-state index contributed by atoms with van der Waals surface area (Å²) in [7, 11) is 1.69. The van der Waals surface area contributed by atoms with Gasteiger partial charge in [0.25, 0.3) is 0 Å². The average molecular weight is 435 g/mol. The fourth-order valence-electron chi connectivity index (χ4n) is 3.00. The van der Waals surface area contributed by atoms with Gasteiger partial charge in [0.2, 0.25) is 5.13 Å². The molecule has 1 N–H and O–H groups in total. The van der Waals surface area contributed by atoms with Crippen molar-refractivity contribution in [2.45, 2.75) is 31.2 Å². The second-order valence-electron chi connectivity index (χ2n) is 6.47. The number of rotatable bonds is 10. The Morgan fingerprint density at radius 3 is 2.86 bits per heavy atom. The molecule has 6 nitrogen and oxygen atoms in total. The zero-order valence-electron chi connectivity index (χ0n) is 16.6. The summed E-state index contributed by atoms with van der Waals surface area (Å²) in [5, 5.41) is 11.5. The highest BCUT2D eigenvalue weighted by atomic mass is 32.2. The Morgan fingerprint density at radius 2 is 2.10 bits per heavy atom. The Balaban J connectivity index is 1.59. The van der Waals surface area contributed by atoms with Crippen LogP contribution in [0.25, 0.3) is 0 Å². The number of para-hydroxylation sites is 1. The van der Waals surface area contributed by atoms with Crippen LogP contribution in [0.5, 0.6) is 0 Å². The van der Waals surface area contributed by atoms with Crippen molar-refractivity contribution < 1.29 is 13.9 Å². The van der Waals surface area contributed by atoms with Crippen molar-refractivity contribution in [1.29, 1.82) is 0 Å². The van der Waals surface area contributed by atoms with Gasteiger partial charge in [-0.15, -0.1) is 10.2 Å². The molecule has 0 unspecified atom stereocenters. The monoisotopic (exact) mass is 434 g/mol. The van der Waals surface area contributed by atoms with E-state index in [-0.39, 0.29) is 17.4 Å². The maximum absolute atomic E-state index is 13.7. The van der Waals surface area contributed by atoms with E-state index in [2.05, 4.69) is 20.1 Å². The molecule has 0 bridgehead atoms. The largest absolute Gasteiger partial charge is 0.385 e. The molecule has 3 rings (SSSR count). The number of hydrogen-bond donors (Lipinski definition) is 1. The van der Waals surface area contributed by atoms with Gasteiger partial charge in [-0.3, -0.25) is 4.79 Å². The number of carbonyl (C=O) groups is 1. The van der Waals surface area contributed by atoms with E-state index in [0.29, 0.717) is 21.8 Å². The lowest BCUT2D eigenvalue weighted by Gasteiger charge is -2.09. The van der Waals surface area contributed by atoms with E-state index < -0.39 is 0 Å². The Bertz CT molecular complexity index is 987. The highest BCUT2D eigenvalue weighted by Gasteiger charge is 2.17. The summed E-state index contributed by atoms with van der Waals surface area (Å²) in [4.78, 5) is 12.7. The molecule has 0 fully saturated rings. The smallest absolute Gasteiger partial charge is 0.210 e. The van der Waals surface area contributed by atoms with Crippen LogP contribution in [0.4, 0.5) is 15.2 Å². The normalized spacial score (nSPS) is 11.0. The van der Waals surface area contributed by atoms with Gasteiger partial charge in [-0.1, -0.05) is 35.2 Å². The SMILES string of the molecule is COCCCn1c(C)cc(C(=O)CSc2nnc(Nc3ccccc3F)s2)c1C. The quantitative estimate of drug-likeness (QED) is 0.279. The van der Waals surface area contributed by atoms with Crippen LogP contribution in [0.2, 0.25) is 0 Å². The van der Waals surface area contributed by atoms with Gasteiger partial charge < -0.3 is 14.6 Å². The molecule has 29 heavy (non-hydrogen) atoms. The molecule has 0 aliphatic heterocycles. The molecule has 2 aromatic heterocycles. The molecule has 0 radical (unpaired) electrons. The van der Waals surface area contributed by atoms with Crippen LogP contribution in [0.1, 0.15) is 28.2 Å². The predicted octanol–water partition coefficient (Wildman–Crippen LogP) is 4.85. The van der Waals surface area contributed by atoms with Crippen molar-refractivity contribution >= 4 is 39.7 Å². The Labute approximate surface area is 177 Å². The maximum Gasteiger partial charge on any atom is 0.210 e. The number of aryl methyl sites for hydroxylation is 1. The lowest BCUT2D eigenvalue weighted by atomic mass is 10.2. The summed E-state index contributed by atoms with van der Waals surface area (Å²) in [6.45, 7) is 5.50. The van der Waals surface area contributed by atoms with Gasteiger partial charge in [0.15, 0.2) is 10.1 Å². The Morgan fingerprint density at radius 1 is 1.31 bits per heavy atom. The zero-order valence-corrected chi connectivity index (χ0v) is 18.2. The van der Waals surface area contributed by atoms with Gasteiger partial charge in [0, 0.05) is 37.2 Å². The Kier molecular flexibility index (Phi) is 7.40. The molecule has 0 saturated carbocycles. The van der Waals surface area contributed by atoms with Crippen LogP contribution < -0.4 is 5.32 Å². The summed E-state index contributed by atoms with van der Waals surface area (Å²) in [5.41, 5.74) is 3.13. The number of Topliss-reactive ketones (excluding diaryl/α,β-unsaturated/α-hetero) is 1. The van der Waals surface area contributed by atoms with E-state index in [4.69, 9.17) is 4.74 Å². The molecular formula is C20H23FN4O2S2. The third-order valence-electron chi connectivity index (χ3n) is 4.45. The van der Waals surface area contributed by atoms with Gasteiger partial charge in [-0.2, -0.15) is 0 Å². The minimum absolute atomic E-state index is 0.0555. The van der Waals surface area contributed by atoms with Crippen molar-refractivity contribution in [1.82, 2.24) is 14.8 Å². The van der Waals surface area contributed by atoms with Gasteiger partial charge in [0.05, 0.1) is 11.4 Å². The topological polar surface area (TPSA) is 69.0 Å². The standard InChI is InChI=1S/C20H23FN4O2S2/c1-13-11-15(14(2)25(13)9-6-10-27-3)18(26)12-28-20-24-23-19(29-20)22-17-8-5-4-7-16(17)21/h4-5,7-8,11H,6,9-10,12H2,1-3H3,(H,22,23). The van der Waals surface area contributed by atoms with Crippen LogP contribution >= 0.6 is 23.1 Å². The number of nitrogens with zero attached hydrogens (tertiary/aromatic N) is 3. The number of aromatic nitrogens is 3. The minimum Gasteiger partial charge on any atom is -0.385 e. The first-order valence-electron chi connectivity index (χ1n) is 9.16. The molecule has 0 saturated heterocycles. The van der Waals surface area contributed by atoms with Gasteiger partial charge in [-0.25, -0.2) is 4.39 Å². The highest BCUT2D eigenvalue weighted by Crippen LogP contribution is 2.29. The first-order valence-corrected chi connectivity index (χ1v) is 11.0. The summed E-state index contributed by atoms with van der Waals surface area (Å²) < 4.78 is 21.6. The fourth-order valence-corrected chi connectivity index (χ4v) is 4.64. The van der Waals surface area contributed by atoms with Gasteiger partial charge in [0.1, 0.15) is 5.82 Å². The van der Waals surface area contributed by atoms with E-state index in [1.54, 1.807) is 25.3 Å². The first-order chi connectivity index (χ1) is 14.0. The second kappa shape index (κ2) is 10.00. The number of benzene rings is 1. The molecule has 2 heterocycles. The predicted molar refractivity (Wildman–Crippen MR) is 115 cm³/mol. The molecule has 154 valence electrons. The van der Waals surface area contributed by atoms with Crippen molar-refractivity contribution in [3.63, 3.8) is 0 Å². The van der Waals surface area contributed by atoms with Gasteiger partial charge >= 0.3 is 0 Å². The van der Waals surface area contributed by atoms with E-state index in [1.807, 2.05) is 19.9 Å². The number of thioether (sulfide) groups is 1. The van der Waals surface area contributed by atoms with Crippen LogP contribution in [0.15, 0.2) is 34.7 Å². The molecule has 0 atom stereocenters. The van der Waals surface area contributed by atoms with E-state index in [1.165, 1.54) is 29.2 Å². The number of carbonyl (C=O) groups excluding carboxylic acids is 1. The number of anilines is 2. The third kappa shape index (κ3) is 5.43. The first kappa shape index (κ1) is 21.5. The van der Waals surface area contributed by atoms with Crippen LogP contribution in [-0.2, 0) is 11.3 Å². The number of methoxy groups -OCH3 is 1. The van der Waals surface area contributed by atoms with Crippen molar-refractivity contribution in [2.24, 2.45) is 0 Å². The minimum atomic E-state index is -0.354. The Hall–Kier alpha value is -2.23. The fraction of sp³-hybridized carbons (Fsp3) is 0.350. The van der Waals surface area contributed by atoms with Gasteiger partial charge in [-0.05, 0) is 38.5 Å². The summed E-state index contributed by atoms with van der Waals surface area (Å²) in [5.74, 6) is -0.0238.